The SMILES string of the molecule is CCOC(=O)Cc1cc(Br)ccn1. The van der Waals surface area contributed by atoms with Crippen molar-refractivity contribution in [3.63, 3.8) is 0 Å². The Morgan fingerprint density at radius 1 is 1.69 bits per heavy atom. The van der Waals surface area contributed by atoms with Gasteiger partial charge in [0.2, 0.25) is 0 Å². The summed E-state index contributed by atoms with van der Waals surface area (Å²) in [5.41, 5.74) is 0.716. The standard InChI is InChI=1S/C9H10BrNO2/c1-2-13-9(12)6-8-5-7(10)3-4-11-8/h3-5H,2,6H2,1H3. The fourth-order valence-corrected chi connectivity index (χ4v) is 1.29. The van der Waals surface area contributed by atoms with E-state index in [1.807, 2.05) is 6.07 Å². The van der Waals surface area contributed by atoms with Crippen LogP contribution in [0.5, 0.6) is 0 Å². The molecular formula is C9H10BrNO2. The zero-order valence-corrected chi connectivity index (χ0v) is 8.87. The second-order valence-electron chi connectivity index (χ2n) is 2.45. The second-order valence-corrected chi connectivity index (χ2v) is 3.36. The lowest BCUT2D eigenvalue weighted by Gasteiger charge is -2.00. The molecular weight excluding hydrogens is 234 g/mol. The van der Waals surface area contributed by atoms with Crippen LogP contribution < -0.4 is 0 Å². The molecule has 13 heavy (non-hydrogen) atoms. The van der Waals surface area contributed by atoms with Gasteiger partial charge < -0.3 is 4.74 Å². The Hall–Kier alpha value is -0.900. The highest BCUT2D eigenvalue weighted by atomic mass is 79.9. The van der Waals surface area contributed by atoms with Gasteiger partial charge >= 0.3 is 5.97 Å². The Balaban J connectivity index is 2.58. The molecule has 0 saturated heterocycles. The van der Waals surface area contributed by atoms with Crippen molar-refractivity contribution in [1.82, 2.24) is 4.98 Å². The van der Waals surface area contributed by atoms with E-state index in [1.165, 1.54) is 0 Å². The normalized spacial score (nSPS) is 9.69. The lowest BCUT2D eigenvalue weighted by molar-refractivity contribution is -0.142. The van der Waals surface area contributed by atoms with E-state index in [2.05, 4.69) is 20.9 Å². The Morgan fingerprint density at radius 2 is 2.46 bits per heavy atom. The molecule has 0 spiro atoms. The molecule has 0 aliphatic heterocycles. The number of carbonyl (C=O) groups excluding carboxylic acids is 1. The number of halogens is 1. The first-order valence-electron chi connectivity index (χ1n) is 3.98. The number of rotatable bonds is 3. The van der Waals surface area contributed by atoms with E-state index < -0.39 is 0 Å². The number of carbonyl (C=O) groups is 1. The molecule has 1 aromatic heterocycles. The monoisotopic (exact) mass is 243 g/mol. The molecule has 0 aliphatic rings. The zero-order chi connectivity index (χ0) is 9.68. The van der Waals surface area contributed by atoms with Crippen LogP contribution in [-0.2, 0) is 16.0 Å². The number of aromatic nitrogens is 1. The van der Waals surface area contributed by atoms with E-state index >= 15 is 0 Å². The number of pyridine rings is 1. The molecule has 0 saturated carbocycles. The van der Waals surface area contributed by atoms with Crippen molar-refractivity contribution in [2.45, 2.75) is 13.3 Å². The van der Waals surface area contributed by atoms with E-state index in [4.69, 9.17) is 4.74 Å². The molecule has 4 heteroatoms. The zero-order valence-electron chi connectivity index (χ0n) is 7.29. The van der Waals surface area contributed by atoms with Crippen LogP contribution in [0.2, 0.25) is 0 Å². The van der Waals surface area contributed by atoms with Gasteiger partial charge in [-0.25, -0.2) is 0 Å². The van der Waals surface area contributed by atoms with Gasteiger partial charge in [-0.05, 0) is 19.1 Å². The van der Waals surface area contributed by atoms with Crippen LogP contribution in [0.4, 0.5) is 0 Å². The molecule has 0 atom stereocenters. The first-order valence-corrected chi connectivity index (χ1v) is 4.77. The van der Waals surface area contributed by atoms with Gasteiger partial charge in [0.05, 0.1) is 18.7 Å². The van der Waals surface area contributed by atoms with Gasteiger partial charge in [0.1, 0.15) is 0 Å². The molecule has 0 bridgehead atoms. The van der Waals surface area contributed by atoms with Gasteiger partial charge in [0.25, 0.3) is 0 Å². The number of hydrogen-bond acceptors (Lipinski definition) is 3. The Labute approximate surface area is 85.3 Å². The third-order valence-electron chi connectivity index (χ3n) is 1.41. The van der Waals surface area contributed by atoms with E-state index in [1.54, 1.807) is 19.2 Å². The van der Waals surface area contributed by atoms with Crippen molar-refractivity contribution in [2.24, 2.45) is 0 Å². The molecule has 3 nitrogen and oxygen atoms in total. The van der Waals surface area contributed by atoms with Crippen molar-refractivity contribution < 1.29 is 9.53 Å². The summed E-state index contributed by atoms with van der Waals surface area (Å²) in [5.74, 6) is -0.242. The molecule has 0 amide bonds. The largest absolute Gasteiger partial charge is 0.466 e. The molecule has 1 heterocycles. The third-order valence-corrected chi connectivity index (χ3v) is 1.90. The van der Waals surface area contributed by atoms with Crippen molar-refractivity contribution >= 4 is 21.9 Å². The van der Waals surface area contributed by atoms with E-state index in [0.717, 1.165) is 4.47 Å². The average molecular weight is 244 g/mol. The molecule has 0 aromatic carbocycles. The minimum Gasteiger partial charge on any atom is -0.466 e. The van der Waals surface area contributed by atoms with Crippen LogP contribution in [0.15, 0.2) is 22.8 Å². The second kappa shape index (κ2) is 4.97. The molecule has 0 fully saturated rings. The summed E-state index contributed by atoms with van der Waals surface area (Å²) in [5, 5.41) is 0. The highest BCUT2D eigenvalue weighted by molar-refractivity contribution is 9.10. The summed E-state index contributed by atoms with van der Waals surface area (Å²) in [6.45, 7) is 2.19. The number of hydrogen-bond donors (Lipinski definition) is 0. The predicted molar refractivity (Wildman–Crippen MR) is 52.3 cm³/mol. The Bertz CT molecular complexity index is 301. The van der Waals surface area contributed by atoms with E-state index in [9.17, 15) is 4.79 Å². The lowest BCUT2D eigenvalue weighted by Crippen LogP contribution is -2.08. The minimum absolute atomic E-state index is 0.229. The molecule has 70 valence electrons. The maximum absolute atomic E-state index is 11.0. The highest BCUT2D eigenvalue weighted by Crippen LogP contribution is 2.09. The van der Waals surface area contributed by atoms with Gasteiger partial charge in [0.15, 0.2) is 0 Å². The smallest absolute Gasteiger partial charge is 0.311 e. The Kier molecular flexibility index (Phi) is 3.89. The van der Waals surface area contributed by atoms with E-state index in [0.29, 0.717) is 12.3 Å². The topological polar surface area (TPSA) is 39.2 Å². The lowest BCUT2D eigenvalue weighted by atomic mass is 10.3. The molecule has 1 aromatic rings. The predicted octanol–water partition coefficient (Wildman–Crippen LogP) is 1.95. The van der Waals surface area contributed by atoms with Crippen LogP contribution in [0.1, 0.15) is 12.6 Å². The summed E-state index contributed by atoms with van der Waals surface area (Å²) in [6.07, 6.45) is 1.88. The van der Waals surface area contributed by atoms with Crippen molar-refractivity contribution in [1.29, 1.82) is 0 Å². The van der Waals surface area contributed by atoms with Crippen molar-refractivity contribution in [3.05, 3.63) is 28.5 Å². The number of esters is 1. The first kappa shape index (κ1) is 10.2. The summed E-state index contributed by atoms with van der Waals surface area (Å²) >= 11 is 3.30. The molecule has 0 aliphatic carbocycles. The highest BCUT2D eigenvalue weighted by Gasteiger charge is 2.04. The molecule has 0 radical (unpaired) electrons. The fourth-order valence-electron chi connectivity index (χ4n) is 0.905. The van der Waals surface area contributed by atoms with Crippen LogP contribution >= 0.6 is 15.9 Å². The van der Waals surface area contributed by atoms with Gasteiger partial charge in [0, 0.05) is 10.7 Å². The Morgan fingerprint density at radius 3 is 3.08 bits per heavy atom. The maximum atomic E-state index is 11.0. The summed E-state index contributed by atoms with van der Waals surface area (Å²) in [7, 11) is 0. The van der Waals surface area contributed by atoms with Crippen LogP contribution in [0, 0.1) is 0 Å². The van der Waals surface area contributed by atoms with Crippen LogP contribution in [0.3, 0.4) is 0 Å². The summed E-state index contributed by atoms with van der Waals surface area (Å²) < 4.78 is 5.71. The molecule has 0 N–H and O–H groups in total. The molecule has 0 unspecified atom stereocenters. The van der Waals surface area contributed by atoms with Gasteiger partial charge in [-0.15, -0.1) is 0 Å². The van der Waals surface area contributed by atoms with Gasteiger partial charge in [-0.1, -0.05) is 15.9 Å². The number of ether oxygens (including phenoxy) is 1. The third kappa shape index (κ3) is 3.55. The van der Waals surface area contributed by atoms with E-state index in [-0.39, 0.29) is 12.4 Å². The van der Waals surface area contributed by atoms with Crippen LogP contribution in [-0.4, -0.2) is 17.6 Å². The first-order chi connectivity index (χ1) is 6.22. The molecule has 1 rings (SSSR count). The quantitative estimate of drug-likeness (QED) is 0.763. The maximum Gasteiger partial charge on any atom is 0.311 e. The minimum atomic E-state index is -0.242. The van der Waals surface area contributed by atoms with Crippen LogP contribution in [0.25, 0.3) is 0 Å². The summed E-state index contributed by atoms with van der Waals surface area (Å²) in [6, 6.07) is 3.62. The summed E-state index contributed by atoms with van der Waals surface area (Å²) in [4.78, 5) is 15.1. The number of nitrogens with zero attached hydrogens (tertiary/aromatic N) is 1. The van der Waals surface area contributed by atoms with Crippen molar-refractivity contribution in [3.8, 4) is 0 Å². The van der Waals surface area contributed by atoms with Gasteiger partial charge in [-0.3, -0.25) is 9.78 Å². The average Bonchev–Trinajstić information content (AvgIpc) is 2.04. The van der Waals surface area contributed by atoms with Crippen molar-refractivity contribution in [2.75, 3.05) is 6.61 Å². The fraction of sp³-hybridized carbons (Fsp3) is 0.333. The van der Waals surface area contributed by atoms with Gasteiger partial charge in [-0.2, -0.15) is 0 Å².